The van der Waals surface area contributed by atoms with Gasteiger partial charge in [-0.1, -0.05) is 0 Å². The lowest BCUT2D eigenvalue weighted by Crippen LogP contribution is -2.40. The Morgan fingerprint density at radius 3 is 1.91 bits per heavy atom. The third-order valence-electron chi connectivity index (χ3n) is 0.727. The van der Waals surface area contributed by atoms with Crippen molar-refractivity contribution < 1.29 is 31.5 Å². The van der Waals surface area contributed by atoms with E-state index in [1.165, 1.54) is 0 Å². The zero-order valence-corrected chi connectivity index (χ0v) is 4.91. The molecule has 0 aromatic carbocycles. The monoisotopic (exact) mass is 177 g/mol. The number of hydrogen-bond donors (Lipinski definition) is 0. The van der Waals surface area contributed by atoms with Crippen LogP contribution in [0.3, 0.4) is 0 Å². The lowest BCUT2D eigenvalue weighted by atomic mass is 10.3. The molecule has 0 spiro atoms. The average Bonchev–Trinajstić information content (AvgIpc) is 1.81. The van der Waals surface area contributed by atoms with E-state index in [1.54, 1.807) is 0 Å². The fraction of sp³-hybridized carbons (Fsp3) is 0.750. The smallest absolute Gasteiger partial charge is 0.450 e. The van der Waals surface area contributed by atoms with Crippen LogP contribution in [0.2, 0.25) is 0 Å². The van der Waals surface area contributed by atoms with Gasteiger partial charge in [0.25, 0.3) is 0 Å². The van der Waals surface area contributed by atoms with Crippen LogP contribution in [0.5, 0.6) is 0 Å². The van der Waals surface area contributed by atoms with Gasteiger partial charge in [0.15, 0.2) is 6.61 Å². The van der Waals surface area contributed by atoms with Crippen LogP contribution < -0.4 is 0 Å². The van der Waals surface area contributed by atoms with Crippen LogP contribution in [0.1, 0.15) is 0 Å². The van der Waals surface area contributed by atoms with Crippen molar-refractivity contribution in [2.45, 2.75) is 12.1 Å². The maximum absolute atomic E-state index is 11.7. The highest BCUT2D eigenvalue weighted by Gasteiger charge is 2.58. The summed E-state index contributed by atoms with van der Waals surface area (Å²) in [5.41, 5.74) is 0. The topological polar surface area (TPSA) is 26.3 Å². The first-order valence-electron chi connectivity index (χ1n) is 2.25. The quantitative estimate of drug-likeness (QED) is 0.606. The van der Waals surface area contributed by atoms with Crippen LogP contribution in [0.4, 0.5) is 22.0 Å². The molecule has 7 heteroatoms. The van der Waals surface area contributed by atoms with Gasteiger partial charge >= 0.3 is 18.6 Å². The van der Waals surface area contributed by atoms with Crippen molar-refractivity contribution >= 4 is 6.47 Å². The summed E-state index contributed by atoms with van der Waals surface area (Å²) in [6, 6.07) is 0. The third kappa shape index (κ3) is 2.69. The molecule has 0 saturated carbocycles. The molecule has 0 N–H and O–H groups in total. The molecule has 1 radical (unpaired) electrons. The molecule has 0 heterocycles. The van der Waals surface area contributed by atoms with Gasteiger partial charge in [0.05, 0.1) is 0 Å². The molecule has 11 heavy (non-hydrogen) atoms. The molecule has 0 bridgehead atoms. The highest BCUT2D eigenvalue weighted by molar-refractivity contribution is 5.38. The summed E-state index contributed by atoms with van der Waals surface area (Å²) in [5.74, 6) is -5.00. The second-order valence-corrected chi connectivity index (χ2v) is 1.57. The maximum atomic E-state index is 11.7. The van der Waals surface area contributed by atoms with Gasteiger partial charge in [0, 0.05) is 0 Å². The Morgan fingerprint density at radius 2 is 1.64 bits per heavy atom. The Balaban J connectivity index is 4.10. The summed E-state index contributed by atoms with van der Waals surface area (Å²) < 4.78 is 60.1. The second kappa shape index (κ2) is 3.02. The van der Waals surface area contributed by atoms with E-state index in [0.29, 0.717) is 6.47 Å². The lowest BCUT2D eigenvalue weighted by Gasteiger charge is -2.17. The van der Waals surface area contributed by atoms with Gasteiger partial charge in [0.1, 0.15) is 0 Å². The zero-order chi connectivity index (χ0) is 9.12. The summed E-state index contributed by atoms with van der Waals surface area (Å²) in [7, 11) is 0. The van der Waals surface area contributed by atoms with Gasteiger partial charge < -0.3 is 4.74 Å². The zero-order valence-electron chi connectivity index (χ0n) is 4.91. The van der Waals surface area contributed by atoms with Crippen molar-refractivity contribution in [1.82, 2.24) is 0 Å². The Kier molecular flexibility index (Phi) is 2.77. The molecule has 0 rings (SSSR count). The largest absolute Gasteiger partial charge is 0.456 e. The van der Waals surface area contributed by atoms with Crippen LogP contribution in [-0.4, -0.2) is 25.2 Å². The van der Waals surface area contributed by atoms with Gasteiger partial charge in [-0.25, -0.2) is 4.79 Å². The molecule has 0 atom stereocenters. The van der Waals surface area contributed by atoms with Crippen LogP contribution >= 0.6 is 0 Å². The predicted octanol–water partition coefficient (Wildman–Crippen LogP) is 1.27. The highest BCUT2D eigenvalue weighted by Crippen LogP contribution is 2.35. The van der Waals surface area contributed by atoms with E-state index in [1.807, 2.05) is 0 Å². The summed E-state index contributed by atoms with van der Waals surface area (Å²) >= 11 is 0. The number of halogens is 5. The van der Waals surface area contributed by atoms with Crippen LogP contribution in [0.25, 0.3) is 0 Å². The standard InChI is InChI=1S/C4H2F5O2/c5-3(6,1-11-2-10)4(7,8)9/h1H2. The van der Waals surface area contributed by atoms with Crippen molar-refractivity contribution in [2.75, 3.05) is 6.61 Å². The van der Waals surface area contributed by atoms with E-state index in [9.17, 15) is 22.0 Å². The summed E-state index contributed by atoms with van der Waals surface area (Å²) in [6.07, 6.45) is -5.69. The second-order valence-electron chi connectivity index (χ2n) is 1.57. The number of alkyl halides is 5. The average molecular weight is 177 g/mol. The summed E-state index contributed by atoms with van der Waals surface area (Å²) in [6.45, 7) is -1.56. The van der Waals surface area contributed by atoms with Gasteiger partial charge in [0.2, 0.25) is 0 Å². The van der Waals surface area contributed by atoms with E-state index in [-0.39, 0.29) is 0 Å². The predicted molar refractivity (Wildman–Crippen MR) is 22.6 cm³/mol. The van der Waals surface area contributed by atoms with Crippen molar-refractivity contribution in [3.05, 3.63) is 0 Å². The summed E-state index contributed by atoms with van der Waals surface area (Å²) in [4.78, 5) is 9.13. The first kappa shape index (κ1) is 10.1. The van der Waals surface area contributed by atoms with E-state index in [2.05, 4.69) is 4.74 Å². The minimum absolute atomic E-state index is 0.466. The molecule has 0 unspecified atom stereocenters. The van der Waals surface area contributed by atoms with Crippen molar-refractivity contribution in [2.24, 2.45) is 0 Å². The molecule has 0 aromatic heterocycles. The third-order valence-corrected chi connectivity index (χ3v) is 0.727. The Hall–Kier alpha value is -0.880. The molecule has 2 nitrogen and oxygen atoms in total. The highest BCUT2D eigenvalue weighted by atomic mass is 19.4. The van der Waals surface area contributed by atoms with Crippen LogP contribution in [0.15, 0.2) is 0 Å². The molecule has 0 aliphatic carbocycles. The van der Waals surface area contributed by atoms with Crippen LogP contribution in [-0.2, 0) is 9.53 Å². The first-order chi connectivity index (χ1) is 4.81. The maximum Gasteiger partial charge on any atom is 0.456 e. The Bertz CT molecular complexity index is 140. The number of rotatable bonds is 3. The fourth-order valence-corrected chi connectivity index (χ4v) is 0.202. The molecule has 0 fully saturated rings. The molecule has 0 aliphatic rings. The minimum atomic E-state index is -5.69. The van der Waals surface area contributed by atoms with Gasteiger partial charge in [-0.2, -0.15) is 22.0 Å². The molecule has 0 aliphatic heterocycles. The van der Waals surface area contributed by atoms with E-state index in [0.717, 1.165) is 0 Å². The summed E-state index contributed by atoms with van der Waals surface area (Å²) in [5, 5.41) is 0. The van der Waals surface area contributed by atoms with E-state index in [4.69, 9.17) is 4.79 Å². The van der Waals surface area contributed by atoms with Crippen molar-refractivity contribution in [3.63, 3.8) is 0 Å². The lowest BCUT2D eigenvalue weighted by molar-refractivity contribution is -0.291. The molecule has 0 saturated heterocycles. The normalized spacial score (nSPS) is 12.8. The van der Waals surface area contributed by atoms with Gasteiger partial charge in [-0.15, -0.1) is 0 Å². The van der Waals surface area contributed by atoms with Crippen LogP contribution in [0, 0.1) is 0 Å². The molecular formula is C4H2F5O2. The van der Waals surface area contributed by atoms with Gasteiger partial charge in [-0.3, -0.25) is 0 Å². The number of hydrogen-bond acceptors (Lipinski definition) is 2. The van der Waals surface area contributed by atoms with Crippen molar-refractivity contribution in [1.29, 1.82) is 0 Å². The Labute approximate surface area is 57.9 Å². The van der Waals surface area contributed by atoms with E-state index < -0.39 is 18.7 Å². The number of carbonyl (C=O) groups excluding carboxylic acids is 1. The molecule has 65 valence electrons. The first-order valence-corrected chi connectivity index (χ1v) is 2.25. The Morgan fingerprint density at radius 1 is 1.18 bits per heavy atom. The fourth-order valence-electron chi connectivity index (χ4n) is 0.202. The molecule has 0 amide bonds. The van der Waals surface area contributed by atoms with E-state index >= 15 is 0 Å². The molecule has 0 aromatic rings. The SMILES string of the molecule is O=[C]OCC(F)(F)C(F)(F)F. The molecular weight excluding hydrogens is 175 g/mol. The number of ether oxygens (including phenoxy) is 1. The van der Waals surface area contributed by atoms with Gasteiger partial charge in [-0.05, 0) is 0 Å². The van der Waals surface area contributed by atoms with Crippen molar-refractivity contribution in [3.8, 4) is 0 Å². The minimum Gasteiger partial charge on any atom is -0.450 e.